The van der Waals surface area contributed by atoms with E-state index in [2.05, 4.69) is 5.10 Å². The Bertz CT molecular complexity index is 935. The number of esters is 1. The molecule has 1 aliphatic heterocycles. The minimum atomic E-state index is -0.167. The summed E-state index contributed by atoms with van der Waals surface area (Å²) in [6.07, 6.45) is 1.01. The molecule has 2 aromatic rings. The largest absolute Gasteiger partial charge is 0.466 e. The normalized spacial score (nSPS) is 18.9. The second-order valence-corrected chi connectivity index (χ2v) is 7.89. The number of aryl methyl sites for hydroxylation is 2. The summed E-state index contributed by atoms with van der Waals surface area (Å²) >= 11 is 0. The topological polar surface area (TPSA) is 82.9 Å². The van der Waals surface area contributed by atoms with Gasteiger partial charge in [-0.15, -0.1) is 0 Å². The van der Waals surface area contributed by atoms with E-state index in [0.29, 0.717) is 31.2 Å². The van der Waals surface area contributed by atoms with E-state index in [0.717, 1.165) is 23.4 Å². The highest BCUT2D eigenvalue weighted by atomic mass is 16.7. The van der Waals surface area contributed by atoms with E-state index in [1.165, 1.54) is 0 Å². The Labute approximate surface area is 175 Å². The molecule has 8 heteroatoms. The molecule has 2 heterocycles. The third-order valence-corrected chi connectivity index (χ3v) is 5.63. The van der Waals surface area contributed by atoms with Gasteiger partial charge in [-0.3, -0.25) is 14.3 Å². The molecule has 0 N–H and O–H groups in total. The monoisotopic (exact) mass is 413 g/mol. The number of carbonyl (C=O) groups excluding carboxylic acids is 2. The summed E-state index contributed by atoms with van der Waals surface area (Å²) < 4.78 is 17.7. The molecule has 0 bridgehead atoms. The van der Waals surface area contributed by atoms with E-state index in [-0.39, 0.29) is 36.9 Å². The van der Waals surface area contributed by atoms with Crippen LogP contribution in [0.3, 0.4) is 0 Å². The number of aromatic nitrogens is 2. The molecule has 2 atom stereocenters. The molecule has 30 heavy (non-hydrogen) atoms. The van der Waals surface area contributed by atoms with Gasteiger partial charge in [-0.05, 0) is 49.9 Å². The van der Waals surface area contributed by atoms with Crippen LogP contribution in [0.15, 0.2) is 24.3 Å². The van der Waals surface area contributed by atoms with Crippen molar-refractivity contribution in [2.24, 2.45) is 18.9 Å². The van der Waals surface area contributed by atoms with Crippen molar-refractivity contribution in [3.05, 3.63) is 41.2 Å². The van der Waals surface area contributed by atoms with Crippen molar-refractivity contribution in [1.29, 1.82) is 0 Å². The molecule has 2 aliphatic rings. The molecule has 1 aromatic heterocycles. The number of rotatable bonds is 8. The Balaban J connectivity index is 1.46. The van der Waals surface area contributed by atoms with Crippen LogP contribution < -0.4 is 9.47 Å². The molecule has 0 unspecified atom stereocenters. The molecule has 1 aromatic carbocycles. The molecule has 8 nitrogen and oxygen atoms in total. The van der Waals surface area contributed by atoms with Gasteiger partial charge in [0.2, 0.25) is 12.7 Å². The first-order chi connectivity index (χ1) is 14.4. The zero-order valence-electron chi connectivity index (χ0n) is 17.6. The predicted molar refractivity (Wildman–Crippen MR) is 108 cm³/mol. The maximum absolute atomic E-state index is 13.2. The van der Waals surface area contributed by atoms with Gasteiger partial charge in [0.15, 0.2) is 11.5 Å². The van der Waals surface area contributed by atoms with Crippen LogP contribution in [0.4, 0.5) is 0 Å². The maximum Gasteiger partial charge on any atom is 0.309 e. The van der Waals surface area contributed by atoms with E-state index in [1.54, 1.807) is 16.5 Å². The van der Waals surface area contributed by atoms with Crippen molar-refractivity contribution in [3.63, 3.8) is 0 Å². The molecule has 160 valence electrons. The Kier molecular flexibility index (Phi) is 5.65. The minimum Gasteiger partial charge on any atom is -0.466 e. The number of hydrogen-bond acceptors (Lipinski definition) is 6. The molecule has 1 saturated carbocycles. The van der Waals surface area contributed by atoms with Crippen molar-refractivity contribution in [1.82, 2.24) is 14.7 Å². The third-order valence-electron chi connectivity index (χ3n) is 5.63. The first kappa shape index (κ1) is 20.3. The van der Waals surface area contributed by atoms with Gasteiger partial charge >= 0.3 is 5.97 Å². The van der Waals surface area contributed by atoms with Gasteiger partial charge in [0.25, 0.3) is 0 Å². The molecular formula is C22H27N3O5. The third kappa shape index (κ3) is 4.42. The lowest BCUT2D eigenvalue weighted by molar-refractivity contribution is -0.145. The number of nitrogens with zero attached hydrogens (tertiary/aromatic N) is 3. The van der Waals surface area contributed by atoms with Crippen molar-refractivity contribution >= 4 is 11.9 Å². The van der Waals surface area contributed by atoms with Gasteiger partial charge in [-0.2, -0.15) is 5.10 Å². The summed E-state index contributed by atoms with van der Waals surface area (Å²) in [6, 6.07) is 7.54. The van der Waals surface area contributed by atoms with E-state index in [4.69, 9.17) is 14.2 Å². The molecule has 0 saturated heterocycles. The molecule has 1 aliphatic carbocycles. The van der Waals surface area contributed by atoms with Gasteiger partial charge in [0, 0.05) is 19.3 Å². The lowest BCUT2D eigenvalue weighted by atomic mass is 10.1. The van der Waals surface area contributed by atoms with Crippen LogP contribution in [-0.4, -0.2) is 46.5 Å². The number of fused-ring (bicyclic) bond motifs is 1. The zero-order valence-corrected chi connectivity index (χ0v) is 17.6. The predicted octanol–water partition coefficient (Wildman–Crippen LogP) is 2.23. The van der Waals surface area contributed by atoms with Crippen molar-refractivity contribution < 1.29 is 23.8 Å². The van der Waals surface area contributed by atoms with E-state index in [1.807, 2.05) is 38.2 Å². The molecule has 0 radical (unpaired) electrons. The average Bonchev–Trinajstić information content (AvgIpc) is 3.19. The fraction of sp³-hybridized carbons (Fsp3) is 0.500. The fourth-order valence-corrected chi connectivity index (χ4v) is 3.77. The Morgan fingerprint density at radius 1 is 1.27 bits per heavy atom. The fourth-order valence-electron chi connectivity index (χ4n) is 3.77. The maximum atomic E-state index is 13.2. The number of hydrogen-bond donors (Lipinski definition) is 0. The second kappa shape index (κ2) is 8.38. The Hall–Kier alpha value is -3.03. The molecule has 0 spiro atoms. The van der Waals surface area contributed by atoms with Gasteiger partial charge in [0.05, 0.1) is 31.2 Å². The molecule has 1 fully saturated rings. The highest BCUT2D eigenvalue weighted by Gasteiger charge is 2.45. The first-order valence-corrected chi connectivity index (χ1v) is 10.3. The van der Waals surface area contributed by atoms with E-state index >= 15 is 0 Å². The van der Waals surface area contributed by atoms with Crippen molar-refractivity contribution in [2.75, 3.05) is 19.9 Å². The molecular weight excluding hydrogens is 386 g/mol. The molecule has 1 amide bonds. The summed E-state index contributed by atoms with van der Waals surface area (Å²) in [4.78, 5) is 27.0. The zero-order chi connectivity index (χ0) is 21.3. The van der Waals surface area contributed by atoms with Crippen LogP contribution in [-0.2, 0) is 34.3 Å². The SMILES string of the molecule is CCOC(=O)[C@H]1C[C@@H]1CN(Cc1cc(C)n(C)n1)C(=O)Cc1ccc2c(c1)OCO2. The lowest BCUT2D eigenvalue weighted by Gasteiger charge is -2.22. The van der Waals surface area contributed by atoms with Crippen LogP contribution in [0.25, 0.3) is 0 Å². The summed E-state index contributed by atoms with van der Waals surface area (Å²) in [5.74, 6) is 1.20. The Morgan fingerprint density at radius 2 is 2.07 bits per heavy atom. The minimum absolute atomic E-state index is 0.00770. The highest BCUT2D eigenvalue weighted by molar-refractivity contribution is 5.80. The van der Waals surface area contributed by atoms with Crippen LogP contribution in [0.5, 0.6) is 11.5 Å². The lowest BCUT2D eigenvalue weighted by Crippen LogP contribution is -2.34. The number of benzene rings is 1. The average molecular weight is 413 g/mol. The summed E-state index contributed by atoms with van der Waals surface area (Å²) in [5.41, 5.74) is 2.73. The smallest absolute Gasteiger partial charge is 0.309 e. The first-order valence-electron chi connectivity index (χ1n) is 10.3. The standard InChI is InChI=1S/C22H27N3O5/c1-4-28-22(27)18-10-16(18)11-25(12-17-7-14(2)24(3)23-17)21(26)9-15-5-6-19-20(8-15)30-13-29-19/h5-8,16,18H,4,9-13H2,1-3H3/t16-,18+/m1/s1. The van der Waals surface area contributed by atoms with Gasteiger partial charge < -0.3 is 19.1 Å². The van der Waals surface area contributed by atoms with Crippen molar-refractivity contribution in [3.8, 4) is 11.5 Å². The number of amides is 1. The van der Waals surface area contributed by atoms with E-state index in [9.17, 15) is 9.59 Å². The quantitative estimate of drug-likeness (QED) is 0.617. The Morgan fingerprint density at radius 3 is 2.80 bits per heavy atom. The summed E-state index contributed by atoms with van der Waals surface area (Å²) in [7, 11) is 1.88. The molecule has 4 rings (SSSR count). The van der Waals surface area contributed by atoms with Crippen LogP contribution in [0.2, 0.25) is 0 Å². The van der Waals surface area contributed by atoms with Gasteiger partial charge in [0.1, 0.15) is 0 Å². The second-order valence-electron chi connectivity index (χ2n) is 7.89. The van der Waals surface area contributed by atoms with Crippen molar-refractivity contribution in [2.45, 2.75) is 33.2 Å². The summed E-state index contributed by atoms with van der Waals surface area (Å²) in [5, 5.41) is 4.49. The summed E-state index contributed by atoms with van der Waals surface area (Å²) in [6.45, 7) is 5.29. The number of ether oxygens (including phenoxy) is 3. The van der Waals surface area contributed by atoms with Gasteiger partial charge in [-0.1, -0.05) is 6.07 Å². The highest BCUT2D eigenvalue weighted by Crippen LogP contribution is 2.40. The van der Waals surface area contributed by atoms with Crippen LogP contribution in [0.1, 0.15) is 30.3 Å². The van der Waals surface area contributed by atoms with Crippen LogP contribution in [0, 0.1) is 18.8 Å². The van der Waals surface area contributed by atoms with E-state index < -0.39 is 0 Å². The number of carbonyl (C=O) groups is 2. The van der Waals surface area contributed by atoms with Crippen LogP contribution >= 0.6 is 0 Å². The van der Waals surface area contributed by atoms with Gasteiger partial charge in [-0.25, -0.2) is 0 Å².